The maximum atomic E-state index is 15.3. The molecule has 2 atom stereocenters. The predicted octanol–water partition coefficient (Wildman–Crippen LogP) is 2.68. The van der Waals surface area contributed by atoms with Gasteiger partial charge in [-0.1, -0.05) is 36.4 Å². The van der Waals surface area contributed by atoms with Crippen molar-refractivity contribution in [3.8, 4) is 0 Å². The smallest absolute Gasteiger partial charge is 0.321 e. The van der Waals surface area contributed by atoms with E-state index in [1.807, 2.05) is 6.07 Å². The highest BCUT2D eigenvalue weighted by molar-refractivity contribution is 7.89. The van der Waals surface area contributed by atoms with E-state index in [2.05, 4.69) is 5.32 Å². The van der Waals surface area contributed by atoms with Crippen LogP contribution in [0.5, 0.6) is 0 Å². The van der Waals surface area contributed by atoms with Gasteiger partial charge in [-0.25, -0.2) is 17.6 Å². The van der Waals surface area contributed by atoms with Crippen LogP contribution in [-0.4, -0.2) is 61.8 Å². The van der Waals surface area contributed by atoms with Crippen molar-refractivity contribution in [2.45, 2.75) is 23.2 Å². The SMILES string of the molecule is O=C(Nc1ccccc1)N1CCC2(OCCN2S(=O)(=O)c2ccccc2)[C@@H](F)C1. The van der Waals surface area contributed by atoms with Crippen LogP contribution in [0.4, 0.5) is 14.9 Å². The van der Waals surface area contributed by atoms with Crippen molar-refractivity contribution in [1.82, 2.24) is 9.21 Å². The lowest BCUT2D eigenvalue weighted by atomic mass is 9.99. The van der Waals surface area contributed by atoms with Gasteiger partial charge in [-0.15, -0.1) is 0 Å². The maximum Gasteiger partial charge on any atom is 0.321 e. The van der Waals surface area contributed by atoms with E-state index >= 15 is 4.39 Å². The summed E-state index contributed by atoms with van der Waals surface area (Å²) in [5.41, 5.74) is -0.975. The highest BCUT2D eigenvalue weighted by atomic mass is 32.2. The summed E-state index contributed by atoms with van der Waals surface area (Å²) in [7, 11) is -3.92. The van der Waals surface area contributed by atoms with Gasteiger partial charge in [0.05, 0.1) is 18.0 Å². The number of urea groups is 1. The molecule has 2 fully saturated rings. The first kappa shape index (κ1) is 19.8. The van der Waals surface area contributed by atoms with Crippen LogP contribution >= 0.6 is 0 Å². The van der Waals surface area contributed by atoms with Crippen LogP contribution in [-0.2, 0) is 14.8 Å². The Morgan fingerprint density at radius 2 is 1.72 bits per heavy atom. The van der Waals surface area contributed by atoms with Gasteiger partial charge in [0, 0.05) is 25.2 Å². The lowest BCUT2D eigenvalue weighted by Crippen LogP contribution is -2.63. The molecule has 2 amide bonds. The second-order valence-electron chi connectivity index (χ2n) is 7.04. The summed E-state index contributed by atoms with van der Waals surface area (Å²) in [5, 5.41) is 2.73. The Labute approximate surface area is 169 Å². The normalized spacial score (nSPS) is 25.3. The number of halogens is 1. The molecule has 0 aliphatic carbocycles. The fraction of sp³-hybridized carbons (Fsp3) is 0.350. The minimum absolute atomic E-state index is 0.0580. The van der Waals surface area contributed by atoms with Crippen LogP contribution in [0.2, 0.25) is 0 Å². The molecule has 2 aromatic rings. The lowest BCUT2D eigenvalue weighted by molar-refractivity contribution is -0.134. The molecule has 2 aromatic carbocycles. The van der Waals surface area contributed by atoms with Gasteiger partial charge in [-0.05, 0) is 24.3 Å². The summed E-state index contributed by atoms with van der Waals surface area (Å²) >= 11 is 0. The summed E-state index contributed by atoms with van der Waals surface area (Å²) < 4.78 is 48.3. The van der Waals surface area contributed by atoms with E-state index in [4.69, 9.17) is 4.74 Å². The van der Waals surface area contributed by atoms with Crippen LogP contribution in [0.25, 0.3) is 0 Å². The number of hydrogen-bond acceptors (Lipinski definition) is 4. The molecule has 4 rings (SSSR count). The number of nitrogens with one attached hydrogen (secondary N) is 1. The third-order valence-corrected chi connectivity index (χ3v) is 7.26. The molecule has 2 aliphatic heterocycles. The molecule has 1 spiro atoms. The average molecular weight is 419 g/mol. The molecule has 7 nitrogen and oxygen atoms in total. The number of sulfonamides is 1. The van der Waals surface area contributed by atoms with Crippen molar-refractivity contribution in [3.05, 3.63) is 60.7 Å². The zero-order chi connectivity index (χ0) is 20.5. The molecule has 2 saturated heterocycles. The quantitative estimate of drug-likeness (QED) is 0.830. The van der Waals surface area contributed by atoms with Gasteiger partial charge in [-0.2, -0.15) is 4.31 Å². The minimum Gasteiger partial charge on any atom is -0.355 e. The minimum atomic E-state index is -3.92. The summed E-state index contributed by atoms with van der Waals surface area (Å²) in [6.07, 6.45) is -1.61. The number of amides is 2. The Balaban J connectivity index is 1.51. The van der Waals surface area contributed by atoms with E-state index in [-0.39, 0.29) is 37.6 Å². The van der Waals surface area contributed by atoms with Crippen molar-refractivity contribution < 1.29 is 22.3 Å². The highest BCUT2D eigenvalue weighted by Gasteiger charge is 2.57. The first-order valence-corrected chi connectivity index (χ1v) is 10.8. The van der Waals surface area contributed by atoms with Crippen molar-refractivity contribution >= 4 is 21.7 Å². The molecule has 29 heavy (non-hydrogen) atoms. The standard InChI is InChI=1S/C20H22FN3O4S/c21-18-15-23(19(25)22-16-7-3-1-4-8-16)12-11-20(18)24(13-14-28-20)29(26,27)17-9-5-2-6-10-17/h1-10,18H,11-15H2,(H,22,25)/t18-,20?/m0/s1. The number of rotatable bonds is 3. The van der Waals surface area contributed by atoms with Crippen molar-refractivity contribution in [3.63, 3.8) is 0 Å². The number of ether oxygens (including phenoxy) is 1. The van der Waals surface area contributed by atoms with E-state index in [1.165, 1.54) is 17.0 Å². The van der Waals surface area contributed by atoms with E-state index in [0.29, 0.717) is 5.69 Å². The van der Waals surface area contributed by atoms with Crippen LogP contribution < -0.4 is 5.32 Å². The molecular weight excluding hydrogens is 397 g/mol. The molecule has 0 radical (unpaired) electrons. The second-order valence-corrected chi connectivity index (χ2v) is 8.91. The van der Waals surface area contributed by atoms with E-state index < -0.39 is 28.0 Å². The Bertz CT molecular complexity index is 974. The van der Waals surface area contributed by atoms with Crippen LogP contribution in [0, 0.1) is 0 Å². The largest absolute Gasteiger partial charge is 0.355 e. The van der Waals surface area contributed by atoms with Gasteiger partial charge < -0.3 is 15.0 Å². The molecule has 0 saturated carbocycles. The Morgan fingerprint density at radius 3 is 2.38 bits per heavy atom. The van der Waals surface area contributed by atoms with E-state index in [9.17, 15) is 13.2 Å². The second kappa shape index (κ2) is 7.74. The van der Waals surface area contributed by atoms with E-state index in [1.54, 1.807) is 42.5 Å². The number of carbonyl (C=O) groups is 1. The molecule has 2 aliphatic rings. The van der Waals surface area contributed by atoms with Gasteiger partial charge in [-0.3, -0.25) is 0 Å². The average Bonchev–Trinajstić information content (AvgIpc) is 3.17. The first-order chi connectivity index (χ1) is 13.9. The van der Waals surface area contributed by atoms with Gasteiger partial charge in [0.15, 0.2) is 11.9 Å². The number of nitrogens with zero attached hydrogens (tertiary/aromatic N) is 2. The Kier molecular flexibility index (Phi) is 5.28. The third-order valence-electron chi connectivity index (χ3n) is 5.32. The van der Waals surface area contributed by atoms with Gasteiger partial charge >= 0.3 is 6.03 Å². The highest BCUT2D eigenvalue weighted by Crippen LogP contribution is 2.40. The summed E-state index contributed by atoms with van der Waals surface area (Å²) in [6, 6.07) is 16.4. The molecule has 1 N–H and O–H groups in total. The monoisotopic (exact) mass is 419 g/mol. The Morgan fingerprint density at radius 1 is 1.07 bits per heavy atom. The summed E-state index contributed by atoms with van der Waals surface area (Å²) in [5.74, 6) is 0. The first-order valence-electron chi connectivity index (χ1n) is 9.40. The number of benzene rings is 2. The molecule has 9 heteroatoms. The number of para-hydroxylation sites is 1. The van der Waals surface area contributed by atoms with Crippen molar-refractivity contribution in [2.75, 3.05) is 31.6 Å². The number of alkyl halides is 1. The topological polar surface area (TPSA) is 79.0 Å². The zero-order valence-electron chi connectivity index (χ0n) is 15.7. The fourth-order valence-corrected chi connectivity index (χ4v) is 5.58. The lowest BCUT2D eigenvalue weighted by Gasteiger charge is -2.44. The fourth-order valence-electron chi connectivity index (χ4n) is 3.84. The molecule has 0 bridgehead atoms. The number of anilines is 1. The molecule has 154 valence electrons. The summed E-state index contributed by atoms with van der Waals surface area (Å²) in [6.45, 7) is 0.121. The molecular formula is C20H22FN3O4S. The summed E-state index contributed by atoms with van der Waals surface area (Å²) in [4.78, 5) is 13.9. The van der Waals surface area contributed by atoms with Crippen LogP contribution in [0.3, 0.4) is 0 Å². The number of carbonyl (C=O) groups excluding carboxylic acids is 1. The van der Waals surface area contributed by atoms with E-state index in [0.717, 1.165) is 4.31 Å². The van der Waals surface area contributed by atoms with Crippen molar-refractivity contribution in [1.29, 1.82) is 0 Å². The Hall–Kier alpha value is -2.49. The number of likely N-dealkylation sites (tertiary alicyclic amines) is 1. The molecule has 0 aromatic heterocycles. The van der Waals surface area contributed by atoms with Crippen LogP contribution in [0.15, 0.2) is 65.6 Å². The molecule has 1 unspecified atom stereocenters. The van der Waals surface area contributed by atoms with Crippen LogP contribution in [0.1, 0.15) is 6.42 Å². The predicted molar refractivity (Wildman–Crippen MR) is 106 cm³/mol. The van der Waals surface area contributed by atoms with Gasteiger partial charge in [0.2, 0.25) is 10.0 Å². The third kappa shape index (κ3) is 3.61. The molecule has 2 heterocycles. The number of piperidine rings is 1. The maximum absolute atomic E-state index is 15.3. The van der Waals surface area contributed by atoms with Crippen molar-refractivity contribution in [2.24, 2.45) is 0 Å². The zero-order valence-corrected chi connectivity index (χ0v) is 16.5. The van der Waals surface area contributed by atoms with Gasteiger partial charge in [0.1, 0.15) is 0 Å². The van der Waals surface area contributed by atoms with Gasteiger partial charge in [0.25, 0.3) is 0 Å². The number of hydrogen-bond donors (Lipinski definition) is 1.